The molecule has 0 aromatic heterocycles. The third-order valence-corrected chi connectivity index (χ3v) is 57.7. The van der Waals surface area contributed by atoms with Gasteiger partial charge in [0.25, 0.3) is 0 Å². The molecule has 2 unspecified atom stereocenters. The third-order valence-electron chi connectivity index (χ3n) is 5.04. The van der Waals surface area contributed by atoms with Gasteiger partial charge in [-0.3, -0.25) is 0 Å². The summed E-state index contributed by atoms with van der Waals surface area (Å²) in [6.45, 7) is 13.4. The van der Waals surface area contributed by atoms with Crippen LogP contribution in [0, 0.1) is 0 Å². The van der Waals surface area contributed by atoms with E-state index in [1.54, 1.807) is 0 Å². The second kappa shape index (κ2) is 5.37. The first-order valence-electron chi connectivity index (χ1n) is 7.37. The molecule has 0 bridgehead atoms. The predicted molar refractivity (Wildman–Crippen MR) is 93.1 cm³/mol. The number of halogens is 2. The van der Waals surface area contributed by atoms with E-state index in [-0.39, 0.29) is 0 Å². The molecular weight excluding hydrogens is 382 g/mol. The Labute approximate surface area is 132 Å². The van der Waals surface area contributed by atoms with Crippen LogP contribution in [0.25, 0.3) is 0 Å². The molecule has 2 aliphatic rings. The van der Waals surface area contributed by atoms with Crippen LogP contribution in [0.5, 0.6) is 0 Å². The average molecular weight is 408 g/mol. The van der Waals surface area contributed by atoms with Gasteiger partial charge < -0.3 is 0 Å². The first kappa shape index (κ1) is 17.0. The van der Waals surface area contributed by atoms with E-state index in [1.807, 2.05) is 0 Å². The molecule has 0 amide bonds. The molecule has 0 fully saturated rings. The van der Waals surface area contributed by atoms with Crippen molar-refractivity contribution in [3.8, 4) is 0 Å². The summed E-state index contributed by atoms with van der Waals surface area (Å²) >= 11 is -3.94. The molecule has 0 N–H and O–H groups in total. The fourth-order valence-electron chi connectivity index (χ4n) is 3.88. The van der Waals surface area contributed by atoms with Gasteiger partial charge >= 0.3 is 133 Å². The van der Waals surface area contributed by atoms with E-state index in [0.717, 1.165) is 0 Å². The van der Waals surface area contributed by atoms with Crippen LogP contribution in [0.1, 0.15) is 27.7 Å². The van der Waals surface area contributed by atoms with Crippen molar-refractivity contribution in [1.82, 2.24) is 0 Å². The van der Waals surface area contributed by atoms with E-state index in [0.29, 0.717) is 7.25 Å². The molecule has 4 heteroatoms. The molecule has 0 aliphatic heterocycles. The minimum absolute atomic E-state index is 0.321. The molecule has 0 spiro atoms. The molecule has 111 valence electrons. The Morgan fingerprint density at radius 1 is 0.850 bits per heavy atom. The van der Waals surface area contributed by atoms with Crippen LogP contribution in [0.15, 0.2) is 46.6 Å². The van der Waals surface area contributed by atoms with Gasteiger partial charge in [0.15, 0.2) is 0 Å². The van der Waals surface area contributed by atoms with Crippen LogP contribution in [0.4, 0.5) is 0 Å². The summed E-state index contributed by atoms with van der Waals surface area (Å²) in [6, 6.07) is 0. The zero-order chi connectivity index (χ0) is 15.3. The Morgan fingerprint density at radius 2 is 1.20 bits per heavy atom. The van der Waals surface area contributed by atoms with E-state index in [9.17, 15) is 0 Å². The van der Waals surface area contributed by atoms with Crippen molar-refractivity contribution in [3.63, 3.8) is 0 Å². The second-order valence-corrected chi connectivity index (χ2v) is 49.7. The molecule has 0 aromatic carbocycles. The molecule has 2 rings (SSSR count). The van der Waals surface area contributed by atoms with E-state index in [4.69, 9.17) is 17.0 Å². The normalized spacial score (nSPS) is 28.8. The van der Waals surface area contributed by atoms with Gasteiger partial charge in [-0.25, -0.2) is 0 Å². The van der Waals surface area contributed by atoms with Crippen LogP contribution >= 0.6 is 17.0 Å². The van der Waals surface area contributed by atoms with Crippen molar-refractivity contribution in [2.45, 2.75) is 48.0 Å². The third kappa shape index (κ3) is 2.45. The summed E-state index contributed by atoms with van der Waals surface area (Å²) in [4.78, 5) is 0. The standard InChI is InChI=1S/2C7H9.C2H7Si.2ClH.Zr/c2*1-6-3-4-7(2)5-6;1-3-2;;;/h2*3-5H,1-2H3;3H,1-2H3;2*1H;/q;;;;;+2/p-2. The molecule has 0 aromatic rings. The fraction of sp³-hybridized carbons (Fsp3) is 0.500. The summed E-state index contributed by atoms with van der Waals surface area (Å²) < 4.78 is 0.642. The van der Waals surface area contributed by atoms with E-state index in [2.05, 4.69) is 65.1 Å². The minimum atomic E-state index is -3.94. The Bertz CT molecular complexity index is 523. The van der Waals surface area contributed by atoms with Gasteiger partial charge in [0, 0.05) is 0 Å². The van der Waals surface area contributed by atoms with Crippen molar-refractivity contribution in [2.75, 3.05) is 0 Å². The van der Waals surface area contributed by atoms with E-state index in [1.165, 1.54) is 22.3 Å². The zero-order valence-electron chi connectivity index (χ0n) is 13.3. The van der Waals surface area contributed by atoms with Crippen LogP contribution in [0.3, 0.4) is 0 Å². The summed E-state index contributed by atoms with van der Waals surface area (Å²) in [5, 5.41) is 0. The number of hydrogen-bond donors (Lipinski definition) is 0. The van der Waals surface area contributed by atoms with Gasteiger partial charge in [0.2, 0.25) is 0 Å². The van der Waals surface area contributed by atoms with Crippen molar-refractivity contribution in [2.24, 2.45) is 0 Å². The van der Waals surface area contributed by atoms with E-state index < -0.39 is 21.5 Å². The molecular formula is C16H25Cl2SiZr. The van der Waals surface area contributed by atoms with Crippen LogP contribution < -0.4 is 0 Å². The van der Waals surface area contributed by atoms with Crippen molar-refractivity contribution >= 4 is 22.9 Å². The van der Waals surface area contributed by atoms with Gasteiger partial charge in [0.1, 0.15) is 0 Å². The summed E-state index contributed by atoms with van der Waals surface area (Å²) in [5.41, 5.74) is 5.41. The molecule has 0 radical (unpaired) electrons. The Kier molecular flexibility index (Phi) is 4.57. The topological polar surface area (TPSA) is 0 Å². The SMILES string of the molecule is CC1=C[CH]([Zr]([Cl])([Cl])([CH]2C=C(C)C=C2C)[SiH](C)C)C(C)=C1. The van der Waals surface area contributed by atoms with Crippen molar-refractivity contribution in [1.29, 1.82) is 0 Å². The number of allylic oxidation sites excluding steroid dienone is 8. The molecule has 0 saturated carbocycles. The van der Waals surface area contributed by atoms with Crippen LogP contribution in [-0.2, 0) is 15.6 Å². The van der Waals surface area contributed by atoms with Crippen LogP contribution in [0.2, 0.25) is 20.3 Å². The first-order chi connectivity index (χ1) is 9.07. The molecule has 20 heavy (non-hydrogen) atoms. The maximum absolute atomic E-state index is 7.53. The summed E-state index contributed by atoms with van der Waals surface area (Å²) in [7, 11) is 15.1. The zero-order valence-corrected chi connectivity index (χ0v) is 18.4. The Hall–Kier alpha value is 0.640. The molecule has 0 saturated heterocycles. The summed E-state index contributed by atoms with van der Waals surface area (Å²) in [5.74, 6) is -1.18. The quantitative estimate of drug-likeness (QED) is 0.478. The van der Waals surface area contributed by atoms with Crippen LogP contribution in [-0.4, -0.2) is 5.92 Å². The van der Waals surface area contributed by atoms with Gasteiger partial charge in [-0.2, -0.15) is 0 Å². The van der Waals surface area contributed by atoms with Gasteiger partial charge in [-0.1, -0.05) is 0 Å². The predicted octanol–water partition coefficient (Wildman–Crippen LogP) is 6.36. The van der Waals surface area contributed by atoms with Gasteiger partial charge in [0.05, 0.1) is 0 Å². The van der Waals surface area contributed by atoms with Gasteiger partial charge in [-0.05, 0) is 0 Å². The number of hydrogen-bond acceptors (Lipinski definition) is 0. The molecule has 2 aliphatic carbocycles. The molecule has 0 nitrogen and oxygen atoms in total. The molecule has 2 atom stereocenters. The van der Waals surface area contributed by atoms with Crippen molar-refractivity contribution in [3.05, 3.63) is 46.6 Å². The Balaban J connectivity index is 2.61. The van der Waals surface area contributed by atoms with Crippen molar-refractivity contribution < 1.29 is 15.6 Å². The summed E-state index contributed by atoms with van der Waals surface area (Å²) in [6.07, 6.45) is 9.24. The Morgan fingerprint density at radius 3 is 1.40 bits per heavy atom. The fourth-order valence-corrected chi connectivity index (χ4v) is 34.2. The first-order valence-corrected chi connectivity index (χ1v) is 23.7. The maximum atomic E-state index is 7.53. The molecule has 0 heterocycles. The second-order valence-electron chi connectivity index (χ2n) is 6.93. The van der Waals surface area contributed by atoms with Gasteiger partial charge in [-0.15, -0.1) is 0 Å². The number of rotatable bonds is 3. The van der Waals surface area contributed by atoms with E-state index >= 15 is 0 Å². The monoisotopic (exact) mass is 405 g/mol. The average Bonchev–Trinajstić information content (AvgIpc) is 2.82.